The molecule has 0 aliphatic carbocycles. The van der Waals surface area contributed by atoms with E-state index in [9.17, 15) is 20.2 Å². The lowest BCUT2D eigenvalue weighted by molar-refractivity contribution is -0.479. The molecule has 4 aromatic rings. The summed E-state index contributed by atoms with van der Waals surface area (Å²) in [5.41, 5.74) is 2.22. The molecule has 0 saturated heterocycles. The first-order valence-electron chi connectivity index (χ1n) is 10.7. The first-order valence-corrected chi connectivity index (χ1v) is 12.4. The number of halogens is 1. The number of benzene rings is 3. The molecule has 0 radical (unpaired) electrons. The van der Waals surface area contributed by atoms with Gasteiger partial charge in [0.25, 0.3) is 5.69 Å². The molecule has 0 aliphatic rings. The van der Waals surface area contributed by atoms with Crippen molar-refractivity contribution in [3.8, 4) is 11.4 Å². The summed E-state index contributed by atoms with van der Waals surface area (Å²) in [6.45, 7) is 1.65. The van der Waals surface area contributed by atoms with Crippen molar-refractivity contribution >= 4 is 33.4 Å². The second kappa shape index (κ2) is 11.3. The van der Waals surface area contributed by atoms with Crippen molar-refractivity contribution in [3.05, 3.63) is 114 Å². The van der Waals surface area contributed by atoms with Gasteiger partial charge in [-0.2, -0.15) is 0 Å². The lowest BCUT2D eigenvalue weighted by atomic mass is 10.1. The number of hydrogen-bond acceptors (Lipinski definition) is 8. The van der Waals surface area contributed by atoms with Crippen LogP contribution < -0.4 is 4.74 Å². The second-order valence-electron chi connectivity index (χ2n) is 7.73. The summed E-state index contributed by atoms with van der Waals surface area (Å²) >= 11 is 4.75. The van der Waals surface area contributed by atoms with Gasteiger partial charge in [-0.3, -0.25) is 24.8 Å². The fraction of sp³-hybridized carbons (Fsp3) is 0.167. The van der Waals surface area contributed by atoms with Gasteiger partial charge < -0.3 is 4.74 Å². The van der Waals surface area contributed by atoms with Crippen LogP contribution in [0.2, 0.25) is 0 Å². The van der Waals surface area contributed by atoms with Crippen molar-refractivity contribution in [1.29, 1.82) is 0 Å². The highest BCUT2D eigenvalue weighted by Crippen LogP contribution is 2.38. The van der Waals surface area contributed by atoms with E-state index < -0.39 is 10.2 Å². The first-order chi connectivity index (χ1) is 17.3. The average molecular weight is 570 g/mol. The number of aromatic nitrogens is 3. The number of nitrogens with zero attached hydrogens (tertiary/aromatic N) is 5. The van der Waals surface area contributed by atoms with E-state index in [1.165, 1.54) is 23.9 Å². The molecule has 10 nitrogen and oxygen atoms in total. The van der Waals surface area contributed by atoms with Crippen molar-refractivity contribution in [2.24, 2.45) is 0 Å². The molecule has 0 saturated carbocycles. The normalized spacial score (nSPS) is 11.7. The van der Waals surface area contributed by atoms with E-state index >= 15 is 0 Å². The summed E-state index contributed by atoms with van der Waals surface area (Å²) in [6, 6.07) is 21.0. The topological polar surface area (TPSA) is 126 Å². The van der Waals surface area contributed by atoms with Crippen LogP contribution in [0.4, 0.5) is 5.69 Å². The molecule has 0 aliphatic heterocycles. The van der Waals surface area contributed by atoms with Crippen LogP contribution in [0.5, 0.6) is 5.75 Å². The molecule has 184 valence electrons. The molecular weight excluding hydrogens is 550 g/mol. The van der Waals surface area contributed by atoms with E-state index in [2.05, 4.69) is 26.1 Å². The average Bonchev–Trinajstić information content (AvgIpc) is 3.23. The predicted octanol–water partition coefficient (Wildman–Crippen LogP) is 5.94. The molecule has 3 aromatic carbocycles. The van der Waals surface area contributed by atoms with E-state index in [1.54, 1.807) is 30.3 Å². The maximum atomic E-state index is 11.5. The van der Waals surface area contributed by atoms with Gasteiger partial charge >= 0.3 is 0 Å². The Morgan fingerprint density at radius 2 is 1.81 bits per heavy atom. The predicted molar refractivity (Wildman–Crippen MR) is 138 cm³/mol. The SMILES string of the molecule is Cc1nnc(S[C@@H](C[N+](=O)[O-])c2ccc(OCc3cccc([N+](=O)[O-])c3)c(Br)c2)n1-c1ccccc1. The number of para-hydroxylation sites is 1. The first kappa shape index (κ1) is 25.3. The number of rotatable bonds is 10. The molecule has 1 aromatic heterocycles. The second-order valence-corrected chi connectivity index (χ2v) is 9.75. The summed E-state index contributed by atoms with van der Waals surface area (Å²) in [4.78, 5) is 21.7. The maximum absolute atomic E-state index is 11.5. The Hall–Kier alpha value is -3.77. The van der Waals surface area contributed by atoms with Crippen molar-refractivity contribution < 1.29 is 14.6 Å². The number of thioether (sulfide) groups is 1. The number of ether oxygens (including phenoxy) is 1. The minimum absolute atomic E-state index is 0.0104. The van der Waals surface area contributed by atoms with Crippen LogP contribution in [0.15, 0.2) is 82.4 Å². The van der Waals surface area contributed by atoms with Crippen molar-refractivity contribution in [1.82, 2.24) is 14.8 Å². The van der Waals surface area contributed by atoms with E-state index in [-0.39, 0.29) is 23.8 Å². The van der Waals surface area contributed by atoms with Gasteiger partial charge in [0.1, 0.15) is 23.4 Å². The molecule has 1 heterocycles. The monoisotopic (exact) mass is 569 g/mol. The third kappa shape index (κ3) is 6.07. The smallest absolute Gasteiger partial charge is 0.269 e. The van der Waals surface area contributed by atoms with Crippen LogP contribution in [0.25, 0.3) is 5.69 Å². The van der Waals surface area contributed by atoms with Crippen molar-refractivity contribution in [3.63, 3.8) is 0 Å². The Morgan fingerprint density at radius 3 is 2.50 bits per heavy atom. The number of non-ortho nitro benzene ring substituents is 1. The summed E-state index contributed by atoms with van der Waals surface area (Å²) in [6.07, 6.45) is 0. The molecule has 0 N–H and O–H groups in total. The van der Waals surface area contributed by atoms with Crippen molar-refractivity contribution in [2.75, 3.05) is 6.54 Å². The van der Waals surface area contributed by atoms with E-state index in [0.717, 1.165) is 5.69 Å². The Morgan fingerprint density at radius 1 is 1.03 bits per heavy atom. The summed E-state index contributed by atoms with van der Waals surface area (Å²) < 4.78 is 8.31. The molecule has 0 fully saturated rings. The van der Waals surface area contributed by atoms with Crippen LogP contribution in [0.3, 0.4) is 0 Å². The Bertz CT molecular complexity index is 1400. The molecule has 36 heavy (non-hydrogen) atoms. The van der Waals surface area contributed by atoms with E-state index in [0.29, 0.717) is 32.3 Å². The standard InChI is InChI=1S/C24H20BrN5O5S/c1-16-26-27-24(29(16)19-7-3-2-4-8-19)36-23(14-28(31)32)18-10-11-22(21(25)13-18)35-15-17-6-5-9-20(12-17)30(33)34/h2-13,23H,14-15H2,1H3/t23-/m0/s1. The van der Waals surface area contributed by atoms with Gasteiger partial charge in [0, 0.05) is 22.7 Å². The summed E-state index contributed by atoms with van der Waals surface area (Å²) in [5.74, 6) is 1.19. The third-order valence-electron chi connectivity index (χ3n) is 5.22. The zero-order chi connectivity index (χ0) is 25.7. The molecule has 0 amide bonds. The Balaban J connectivity index is 1.55. The molecule has 4 rings (SSSR count). The molecular formula is C24H20BrN5O5S. The summed E-state index contributed by atoms with van der Waals surface area (Å²) in [7, 11) is 0. The van der Waals surface area contributed by atoms with Gasteiger partial charge in [0.15, 0.2) is 5.16 Å². The van der Waals surface area contributed by atoms with Crippen LogP contribution in [-0.2, 0) is 6.61 Å². The van der Waals surface area contributed by atoms with E-state index in [4.69, 9.17) is 4.74 Å². The van der Waals surface area contributed by atoms with Crippen molar-refractivity contribution in [2.45, 2.75) is 23.9 Å². The fourth-order valence-electron chi connectivity index (χ4n) is 3.52. The molecule has 0 spiro atoms. The number of hydrogen-bond donors (Lipinski definition) is 0. The number of nitro benzene ring substituents is 1. The zero-order valence-corrected chi connectivity index (χ0v) is 21.4. The molecule has 1 atom stereocenters. The van der Waals surface area contributed by atoms with Gasteiger partial charge in [-0.05, 0) is 58.2 Å². The quantitative estimate of drug-likeness (QED) is 0.130. The fourth-order valence-corrected chi connectivity index (χ4v) is 5.20. The number of nitro groups is 2. The zero-order valence-electron chi connectivity index (χ0n) is 19.0. The van der Waals surface area contributed by atoms with Crippen LogP contribution in [-0.4, -0.2) is 31.2 Å². The van der Waals surface area contributed by atoms with Crippen LogP contribution in [0, 0.1) is 27.2 Å². The highest BCUT2D eigenvalue weighted by Gasteiger charge is 2.24. The maximum Gasteiger partial charge on any atom is 0.269 e. The summed E-state index contributed by atoms with van der Waals surface area (Å²) in [5, 5.41) is 30.9. The lowest BCUT2D eigenvalue weighted by Gasteiger charge is -2.16. The van der Waals surface area contributed by atoms with E-state index in [1.807, 2.05) is 41.8 Å². The number of aryl methyl sites for hydroxylation is 1. The van der Waals surface area contributed by atoms with Gasteiger partial charge in [-0.15, -0.1) is 10.2 Å². The Kier molecular flexibility index (Phi) is 7.96. The van der Waals surface area contributed by atoms with Gasteiger partial charge in [0.2, 0.25) is 6.54 Å². The largest absolute Gasteiger partial charge is 0.488 e. The highest BCUT2D eigenvalue weighted by atomic mass is 79.9. The van der Waals surface area contributed by atoms with Gasteiger partial charge in [-0.1, -0.05) is 48.2 Å². The Labute approximate surface area is 218 Å². The van der Waals surface area contributed by atoms with Gasteiger partial charge in [-0.25, -0.2) is 0 Å². The lowest BCUT2D eigenvalue weighted by Crippen LogP contribution is -2.11. The molecule has 0 unspecified atom stereocenters. The molecule has 12 heteroatoms. The minimum atomic E-state index is -0.534. The van der Waals surface area contributed by atoms with Crippen LogP contribution in [0.1, 0.15) is 22.2 Å². The highest BCUT2D eigenvalue weighted by molar-refractivity contribution is 9.10. The third-order valence-corrected chi connectivity index (χ3v) is 7.02. The minimum Gasteiger partial charge on any atom is -0.488 e. The van der Waals surface area contributed by atoms with Gasteiger partial charge in [0.05, 0.1) is 9.40 Å². The van der Waals surface area contributed by atoms with Crippen LogP contribution >= 0.6 is 27.7 Å². The molecule has 0 bridgehead atoms.